The van der Waals surface area contributed by atoms with Crippen molar-refractivity contribution in [1.29, 1.82) is 0 Å². The van der Waals surface area contributed by atoms with E-state index >= 15 is 0 Å². The molecule has 0 spiro atoms. The summed E-state index contributed by atoms with van der Waals surface area (Å²) in [6.07, 6.45) is 6.24. The summed E-state index contributed by atoms with van der Waals surface area (Å²) in [6.45, 7) is 2.67. The second kappa shape index (κ2) is 4.19. The van der Waals surface area contributed by atoms with Crippen LogP contribution in [0.1, 0.15) is 31.4 Å². The van der Waals surface area contributed by atoms with Crippen LogP contribution in [-0.4, -0.2) is 17.1 Å². The highest BCUT2D eigenvalue weighted by atomic mass is 16.5. The van der Waals surface area contributed by atoms with E-state index in [-0.39, 0.29) is 5.60 Å². The number of rotatable bonds is 4. The smallest absolute Gasteiger partial charge is 0.138 e. The van der Waals surface area contributed by atoms with Crippen molar-refractivity contribution in [1.82, 2.24) is 4.98 Å². The molecule has 1 aromatic rings. The molecule has 1 fully saturated rings. The van der Waals surface area contributed by atoms with E-state index in [2.05, 4.69) is 4.98 Å². The average Bonchev–Trinajstić information content (AvgIpc) is 2.18. The molecule has 1 aliphatic carbocycles. The van der Waals surface area contributed by atoms with Crippen LogP contribution in [0, 0.1) is 6.92 Å². The molecule has 0 radical (unpaired) electrons. The molecule has 1 heterocycles. The van der Waals surface area contributed by atoms with Gasteiger partial charge in [0.05, 0.1) is 6.20 Å². The van der Waals surface area contributed by atoms with E-state index in [1.165, 1.54) is 6.42 Å². The van der Waals surface area contributed by atoms with Crippen LogP contribution in [0.2, 0.25) is 0 Å². The Labute approximate surface area is 90.7 Å². The third kappa shape index (κ3) is 2.29. The molecule has 2 N–H and O–H groups in total. The lowest BCUT2D eigenvalue weighted by atomic mass is 9.77. The van der Waals surface area contributed by atoms with Gasteiger partial charge in [-0.15, -0.1) is 0 Å². The highest BCUT2D eigenvalue weighted by Gasteiger charge is 2.38. The third-order valence-corrected chi connectivity index (χ3v) is 3.08. The average molecular weight is 206 g/mol. The van der Waals surface area contributed by atoms with Crippen LogP contribution in [0.5, 0.6) is 5.75 Å². The van der Waals surface area contributed by atoms with Crippen LogP contribution in [0.15, 0.2) is 18.3 Å². The van der Waals surface area contributed by atoms with Gasteiger partial charge in [0.2, 0.25) is 0 Å². The molecule has 82 valence electrons. The molecule has 0 atom stereocenters. The summed E-state index contributed by atoms with van der Waals surface area (Å²) >= 11 is 0. The maximum absolute atomic E-state index is 5.99. The Morgan fingerprint density at radius 1 is 1.47 bits per heavy atom. The van der Waals surface area contributed by atoms with Gasteiger partial charge >= 0.3 is 0 Å². The first-order valence-electron chi connectivity index (χ1n) is 5.56. The fraction of sp³-hybridized carbons (Fsp3) is 0.583. The van der Waals surface area contributed by atoms with Crippen LogP contribution in [0.3, 0.4) is 0 Å². The number of aromatic nitrogens is 1. The zero-order valence-electron chi connectivity index (χ0n) is 9.20. The van der Waals surface area contributed by atoms with Crippen molar-refractivity contribution in [3.63, 3.8) is 0 Å². The number of nitrogens with two attached hydrogens (primary N) is 1. The van der Waals surface area contributed by atoms with Crippen molar-refractivity contribution >= 4 is 0 Å². The lowest BCUT2D eigenvalue weighted by Crippen LogP contribution is -2.44. The Balaban J connectivity index is 2.03. The Bertz CT molecular complexity index is 317. The monoisotopic (exact) mass is 206 g/mol. The van der Waals surface area contributed by atoms with Gasteiger partial charge in [0, 0.05) is 5.69 Å². The van der Waals surface area contributed by atoms with Gasteiger partial charge in [0.25, 0.3) is 0 Å². The number of pyridine rings is 1. The van der Waals surface area contributed by atoms with Crippen molar-refractivity contribution in [3.8, 4) is 5.75 Å². The van der Waals surface area contributed by atoms with E-state index in [1.807, 2.05) is 19.1 Å². The highest BCUT2D eigenvalue weighted by Crippen LogP contribution is 2.38. The second-order valence-corrected chi connectivity index (χ2v) is 4.31. The molecule has 0 bridgehead atoms. The lowest BCUT2D eigenvalue weighted by molar-refractivity contribution is -0.0127. The van der Waals surface area contributed by atoms with Crippen LogP contribution in [0.4, 0.5) is 0 Å². The first-order chi connectivity index (χ1) is 7.24. The fourth-order valence-corrected chi connectivity index (χ4v) is 2.00. The normalized spacial score (nSPS) is 18.3. The summed E-state index contributed by atoms with van der Waals surface area (Å²) in [5.74, 6) is 0.869. The summed E-state index contributed by atoms with van der Waals surface area (Å²) in [5, 5.41) is 0. The third-order valence-electron chi connectivity index (χ3n) is 3.08. The largest absolute Gasteiger partial charge is 0.486 e. The van der Waals surface area contributed by atoms with Gasteiger partial charge in [0.15, 0.2) is 0 Å². The van der Waals surface area contributed by atoms with Gasteiger partial charge in [-0.2, -0.15) is 0 Å². The summed E-state index contributed by atoms with van der Waals surface area (Å²) < 4.78 is 5.99. The number of hydrogen-bond acceptors (Lipinski definition) is 3. The standard InChI is InChI=1S/C12H18N2O/c1-10-3-4-11(9-14-10)15-12(7-8-13)5-2-6-12/h3-4,9H,2,5-8,13H2,1H3. The Morgan fingerprint density at radius 2 is 2.27 bits per heavy atom. The zero-order valence-corrected chi connectivity index (χ0v) is 9.20. The van der Waals surface area contributed by atoms with Gasteiger partial charge in [-0.1, -0.05) is 0 Å². The van der Waals surface area contributed by atoms with Crippen molar-refractivity contribution < 1.29 is 4.74 Å². The van der Waals surface area contributed by atoms with Crippen molar-refractivity contribution in [3.05, 3.63) is 24.0 Å². The minimum atomic E-state index is 0.00564. The number of aryl methyl sites for hydroxylation is 1. The van der Waals surface area contributed by atoms with Gasteiger partial charge in [-0.05, 0) is 51.3 Å². The van der Waals surface area contributed by atoms with E-state index in [0.29, 0.717) is 6.54 Å². The summed E-state index contributed by atoms with van der Waals surface area (Å²) in [5.41, 5.74) is 6.63. The molecule has 1 aromatic heterocycles. The molecule has 0 aromatic carbocycles. The molecule has 3 heteroatoms. The first-order valence-corrected chi connectivity index (χ1v) is 5.56. The second-order valence-electron chi connectivity index (χ2n) is 4.31. The Hall–Kier alpha value is -1.09. The predicted molar refractivity (Wildman–Crippen MR) is 59.9 cm³/mol. The number of ether oxygens (including phenoxy) is 1. The zero-order chi connectivity index (χ0) is 10.7. The van der Waals surface area contributed by atoms with Crippen molar-refractivity contribution in [2.45, 2.75) is 38.2 Å². The molecular weight excluding hydrogens is 188 g/mol. The first kappa shape index (κ1) is 10.4. The molecule has 15 heavy (non-hydrogen) atoms. The highest BCUT2D eigenvalue weighted by molar-refractivity contribution is 5.20. The van der Waals surface area contributed by atoms with Crippen LogP contribution >= 0.6 is 0 Å². The van der Waals surface area contributed by atoms with Gasteiger partial charge in [0.1, 0.15) is 11.4 Å². The van der Waals surface area contributed by atoms with Gasteiger partial charge in [-0.3, -0.25) is 4.98 Å². The topological polar surface area (TPSA) is 48.1 Å². The summed E-state index contributed by atoms with van der Waals surface area (Å²) in [4.78, 5) is 4.23. The van der Waals surface area contributed by atoms with Crippen molar-refractivity contribution in [2.75, 3.05) is 6.54 Å². The molecular formula is C12H18N2O. The minimum Gasteiger partial charge on any atom is -0.486 e. The van der Waals surface area contributed by atoms with Crippen LogP contribution in [0.25, 0.3) is 0 Å². The maximum Gasteiger partial charge on any atom is 0.138 e. The molecule has 0 amide bonds. The number of nitrogens with zero attached hydrogens (tertiary/aromatic N) is 1. The molecule has 1 saturated carbocycles. The van der Waals surface area contributed by atoms with Crippen LogP contribution < -0.4 is 10.5 Å². The molecule has 2 rings (SSSR count). The lowest BCUT2D eigenvalue weighted by Gasteiger charge is -2.41. The maximum atomic E-state index is 5.99. The van der Waals surface area contributed by atoms with E-state index in [4.69, 9.17) is 10.5 Å². The molecule has 0 unspecified atom stereocenters. The molecule has 0 aliphatic heterocycles. The summed E-state index contributed by atoms with van der Waals surface area (Å²) in [7, 11) is 0. The molecule has 3 nitrogen and oxygen atoms in total. The van der Waals surface area contributed by atoms with E-state index in [1.54, 1.807) is 6.20 Å². The molecule has 1 aliphatic rings. The number of hydrogen-bond donors (Lipinski definition) is 1. The van der Waals surface area contributed by atoms with Gasteiger partial charge in [-0.25, -0.2) is 0 Å². The Kier molecular flexibility index (Phi) is 2.91. The summed E-state index contributed by atoms with van der Waals surface area (Å²) in [6, 6.07) is 3.96. The minimum absolute atomic E-state index is 0.00564. The quantitative estimate of drug-likeness (QED) is 0.820. The van der Waals surface area contributed by atoms with E-state index in [9.17, 15) is 0 Å². The SMILES string of the molecule is Cc1ccc(OC2(CCN)CCC2)cn1. The van der Waals surface area contributed by atoms with Gasteiger partial charge < -0.3 is 10.5 Å². The van der Waals surface area contributed by atoms with E-state index in [0.717, 1.165) is 30.7 Å². The fourth-order valence-electron chi connectivity index (χ4n) is 2.00. The van der Waals surface area contributed by atoms with Crippen LogP contribution in [-0.2, 0) is 0 Å². The van der Waals surface area contributed by atoms with E-state index < -0.39 is 0 Å². The molecule has 0 saturated heterocycles. The van der Waals surface area contributed by atoms with Crippen molar-refractivity contribution in [2.24, 2.45) is 5.73 Å². The Morgan fingerprint density at radius 3 is 2.73 bits per heavy atom. The predicted octanol–water partition coefficient (Wildman–Crippen LogP) is 2.04.